The molecule has 0 fully saturated rings. The summed E-state index contributed by atoms with van der Waals surface area (Å²) in [6, 6.07) is 77.8. The number of hydrogen-bond acceptors (Lipinski definition) is 5. The second-order valence-corrected chi connectivity index (χ2v) is 16.0. The molecule has 2 heterocycles. The van der Waals surface area contributed by atoms with Crippen LogP contribution in [0.4, 0.5) is 17.2 Å². The Kier molecular flexibility index (Phi) is 12.7. The maximum Gasteiger partial charge on any atom is 0.149 e. The number of hydrogen-bond donors (Lipinski definition) is 0. The van der Waals surface area contributed by atoms with Crippen LogP contribution in [-0.2, 0) is 32.6 Å². The fraction of sp³-hybridized carbons (Fsp3) is 0.123. The maximum absolute atomic E-state index is 5.40. The molecule has 8 aromatic rings. The van der Waals surface area contributed by atoms with E-state index in [9.17, 15) is 0 Å². The number of rotatable bonds is 16. The van der Waals surface area contributed by atoms with Crippen LogP contribution in [0.1, 0.15) is 45.0 Å². The second kappa shape index (κ2) is 19.7. The third kappa shape index (κ3) is 10.1. The van der Waals surface area contributed by atoms with E-state index in [1.807, 2.05) is 18.3 Å². The van der Waals surface area contributed by atoms with Gasteiger partial charge in [0.05, 0.1) is 11.8 Å². The van der Waals surface area contributed by atoms with E-state index in [-0.39, 0.29) is 12.0 Å². The van der Waals surface area contributed by atoms with Gasteiger partial charge in [0, 0.05) is 49.7 Å². The zero-order valence-corrected chi connectivity index (χ0v) is 34.9. The lowest BCUT2D eigenvalue weighted by Gasteiger charge is -2.29. The summed E-state index contributed by atoms with van der Waals surface area (Å²) < 4.78 is 0. The van der Waals surface area contributed by atoms with Crippen LogP contribution in [0, 0.1) is 5.92 Å². The van der Waals surface area contributed by atoms with Crippen LogP contribution in [0.3, 0.4) is 0 Å². The lowest BCUT2D eigenvalue weighted by molar-refractivity contribution is 0.544. The summed E-state index contributed by atoms with van der Waals surface area (Å²) >= 11 is 0. The van der Waals surface area contributed by atoms with Gasteiger partial charge in [0.25, 0.3) is 0 Å². The third-order valence-electron chi connectivity index (χ3n) is 11.6. The largest absolute Gasteiger partial charge is 0.363 e. The summed E-state index contributed by atoms with van der Waals surface area (Å²) in [6.07, 6.45) is 7.13. The van der Waals surface area contributed by atoms with Gasteiger partial charge in [-0.15, -0.1) is 0 Å². The zero-order valence-electron chi connectivity index (χ0n) is 34.9. The van der Waals surface area contributed by atoms with Gasteiger partial charge in [0.15, 0.2) is 0 Å². The molecule has 1 aromatic heterocycles. The van der Waals surface area contributed by atoms with Gasteiger partial charge in [-0.3, -0.25) is 0 Å². The Hall–Kier alpha value is -7.50. The predicted molar refractivity (Wildman–Crippen MR) is 258 cm³/mol. The van der Waals surface area contributed by atoms with Crippen molar-refractivity contribution in [2.24, 2.45) is 11.0 Å². The quantitative estimate of drug-likeness (QED) is 0.0974. The van der Waals surface area contributed by atoms with E-state index in [2.05, 4.69) is 233 Å². The highest BCUT2D eigenvalue weighted by molar-refractivity contribution is 6.03. The first-order valence-electron chi connectivity index (χ1n) is 21.6. The van der Waals surface area contributed by atoms with Crippen molar-refractivity contribution in [3.8, 4) is 0 Å². The van der Waals surface area contributed by atoms with Crippen molar-refractivity contribution in [1.82, 2.24) is 4.98 Å². The minimum Gasteiger partial charge on any atom is -0.363 e. The highest BCUT2D eigenvalue weighted by atomic mass is 15.5. The van der Waals surface area contributed by atoms with Crippen LogP contribution in [-0.4, -0.2) is 10.7 Å². The number of hydrazone groups is 1. The van der Waals surface area contributed by atoms with Gasteiger partial charge in [0.1, 0.15) is 5.82 Å². The molecule has 2 atom stereocenters. The van der Waals surface area contributed by atoms with Crippen molar-refractivity contribution in [1.29, 1.82) is 0 Å². The molecule has 62 heavy (non-hydrogen) atoms. The molecule has 0 saturated carbocycles. The normalized spacial score (nSPS) is 14.8. The Morgan fingerprint density at radius 1 is 0.419 bits per heavy atom. The van der Waals surface area contributed by atoms with E-state index >= 15 is 0 Å². The van der Waals surface area contributed by atoms with Gasteiger partial charge in [-0.1, -0.05) is 188 Å². The van der Waals surface area contributed by atoms with Gasteiger partial charge < -0.3 is 9.80 Å². The average molecular weight is 806 g/mol. The molecule has 1 aliphatic heterocycles. The first-order valence-corrected chi connectivity index (χ1v) is 21.6. The molecule has 304 valence electrons. The number of allylic oxidation sites excluding steroid dienone is 1. The summed E-state index contributed by atoms with van der Waals surface area (Å²) in [4.78, 5) is 9.74. The second-order valence-electron chi connectivity index (χ2n) is 16.0. The average Bonchev–Trinajstić information content (AvgIpc) is 3.70. The molecular formula is C57H51N5. The Bertz CT molecular complexity index is 2550. The Morgan fingerprint density at radius 3 is 1.27 bits per heavy atom. The highest BCUT2D eigenvalue weighted by Gasteiger charge is 2.39. The Morgan fingerprint density at radius 2 is 0.839 bits per heavy atom. The predicted octanol–water partition coefficient (Wildman–Crippen LogP) is 13.0. The number of pyridine rings is 1. The van der Waals surface area contributed by atoms with Gasteiger partial charge in [0.2, 0.25) is 0 Å². The lowest BCUT2D eigenvalue weighted by atomic mass is 9.84. The fourth-order valence-electron chi connectivity index (χ4n) is 8.44. The molecule has 0 bridgehead atoms. The molecule has 0 radical (unpaired) electrons. The Balaban J connectivity index is 1.02. The van der Waals surface area contributed by atoms with E-state index in [1.54, 1.807) is 0 Å². The number of benzene rings is 7. The molecule has 7 aromatic carbocycles. The van der Waals surface area contributed by atoms with Gasteiger partial charge >= 0.3 is 0 Å². The molecule has 5 heteroatoms. The van der Waals surface area contributed by atoms with E-state index in [4.69, 9.17) is 10.1 Å². The van der Waals surface area contributed by atoms with Crippen molar-refractivity contribution in [2.45, 2.75) is 38.6 Å². The molecule has 0 spiro atoms. The summed E-state index contributed by atoms with van der Waals surface area (Å²) in [7, 11) is 0. The van der Waals surface area contributed by atoms with Crippen molar-refractivity contribution in [2.75, 3.05) is 14.8 Å². The summed E-state index contributed by atoms with van der Waals surface area (Å²) in [5.74, 6) is 0.900. The molecule has 0 aliphatic carbocycles. The maximum atomic E-state index is 5.40. The molecule has 1 aliphatic rings. The van der Waals surface area contributed by atoms with E-state index in [0.717, 1.165) is 49.7 Å². The summed E-state index contributed by atoms with van der Waals surface area (Å²) in [5.41, 5.74) is 12.1. The summed E-state index contributed by atoms with van der Waals surface area (Å²) in [5, 5.41) is 7.54. The van der Waals surface area contributed by atoms with Crippen molar-refractivity contribution < 1.29 is 0 Å². The molecule has 0 N–H and O–H groups in total. The van der Waals surface area contributed by atoms with Crippen molar-refractivity contribution in [3.05, 3.63) is 270 Å². The lowest BCUT2D eigenvalue weighted by Crippen LogP contribution is -2.27. The molecule has 5 nitrogen and oxygen atoms in total. The van der Waals surface area contributed by atoms with Gasteiger partial charge in [-0.05, 0) is 87.8 Å². The molecule has 9 rings (SSSR count). The number of anilines is 3. The van der Waals surface area contributed by atoms with Gasteiger partial charge in [-0.2, -0.15) is 5.10 Å². The minimum atomic E-state index is -0.0672. The molecule has 0 amide bonds. The monoisotopic (exact) mass is 805 g/mol. The van der Waals surface area contributed by atoms with Crippen LogP contribution in [0.25, 0.3) is 6.08 Å². The molecule has 0 saturated heterocycles. The van der Waals surface area contributed by atoms with E-state index in [1.165, 1.54) is 44.8 Å². The highest BCUT2D eigenvalue weighted by Crippen LogP contribution is 2.41. The van der Waals surface area contributed by atoms with Crippen LogP contribution in [0.2, 0.25) is 0 Å². The van der Waals surface area contributed by atoms with E-state index < -0.39 is 0 Å². The number of nitrogens with zero attached hydrogens (tertiary/aromatic N) is 5. The van der Waals surface area contributed by atoms with Crippen LogP contribution in [0.5, 0.6) is 0 Å². The zero-order chi connectivity index (χ0) is 41.8. The SMILES string of the molecule is C(=Cc1ccc(N(Cc2ccccc2)Cc2ccccc2)cc1)C1=NN(c2ccccn2)C(c2ccc(N(Cc3ccccc3)Cc3ccccc3)cc2)C1Cc1ccccc1. The first kappa shape index (κ1) is 39.9. The van der Waals surface area contributed by atoms with Crippen molar-refractivity contribution in [3.63, 3.8) is 0 Å². The topological polar surface area (TPSA) is 35.0 Å². The minimum absolute atomic E-state index is 0.0672. The Labute approximate surface area is 366 Å². The standard InChI is InChI=1S/C57H51N5/c1-6-18-46(19-7-1)40-54-55(38-31-45-29-34-52(35-30-45)60(41-47-20-8-2-9-21-47)42-48-22-10-3-11-23-48)59-62(56-28-16-17-39-58-56)57(54)51-32-36-53(37-33-51)61(43-49-24-12-4-13-25-49)44-50-26-14-5-15-27-50/h1-39,54,57H,40-44H2. The van der Waals surface area contributed by atoms with E-state index in [0.29, 0.717) is 0 Å². The molecule has 2 unspecified atom stereocenters. The van der Waals surface area contributed by atoms with Crippen molar-refractivity contribution >= 4 is 29.0 Å². The first-order chi connectivity index (χ1) is 30.7. The number of aromatic nitrogens is 1. The fourth-order valence-corrected chi connectivity index (χ4v) is 8.44. The summed E-state index contributed by atoms with van der Waals surface area (Å²) in [6.45, 7) is 3.28. The molecular weight excluding hydrogens is 755 g/mol. The smallest absolute Gasteiger partial charge is 0.149 e. The van der Waals surface area contributed by atoms with Crippen LogP contribution in [0.15, 0.2) is 236 Å². The van der Waals surface area contributed by atoms with Gasteiger partial charge in [-0.25, -0.2) is 9.99 Å². The van der Waals surface area contributed by atoms with Crippen LogP contribution >= 0.6 is 0 Å². The third-order valence-corrected chi connectivity index (χ3v) is 11.6. The van der Waals surface area contributed by atoms with Crippen LogP contribution < -0.4 is 14.8 Å².